The smallest absolute Gasteiger partial charge is 0.270 e. The molecule has 1 N–H and O–H groups in total. The van der Waals surface area contributed by atoms with Gasteiger partial charge in [0.1, 0.15) is 18.2 Å². The number of aromatic nitrogens is 3. The van der Waals surface area contributed by atoms with Gasteiger partial charge < -0.3 is 10.1 Å². The molecule has 0 spiro atoms. The molecule has 7 heteroatoms. The zero-order valence-corrected chi connectivity index (χ0v) is 14.7. The summed E-state index contributed by atoms with van der Waals surface area (Å²) in [5.74, 6) is -0.0337. The van der Waals surface area contributed by atoms with Crippen molar-refractivity contribution in [2.45, 2.75) is 32.7 Å². The summed E-state index contributed by atoms with van der Waals surface area (Å²) in [6, 6.07) is 10.7. The number of hydrogen-bond donors (Lipinski definition) is 1. The molecule has 1 aromatic carbocycles. The van der Waals surface area contributed by atoms with E-state index in [1.54, 1.807) is 0 Å². The summed E-state index contributed by atoms with van der Waals surface area (Å²) in [7, 11) is 0. The highest BCUT2D eigenvalue weighted by Gasteiger charge is 2.10. The lowest BCUT2D eigenvalue weighted by molar-refractivity contribution is 0.297. The molecule has 1 aliphatic rings. The Bertz CT molecular complexity index is 1000. The van der Waals surface area contributed by atoms with E-state index in [-0.39, 0.29) is 12.2 Å². The molecular weight excluding hydrogens is 347 g/mol. The van der Waals surface area contributed by atoms with Gasteiger partial charge in [0.15, 0.2) is 0 Å². The minimum Gasteiger partial charge on any atom is -0.485 e. The van der Waals surface area contributed by atoms with E-state index in [2.05, 4.69) is 33.6 Å². The Morgan fingerprint density at radius 1 is 1.11 bits per heavy atom. The minimum atomic E-state index is -0.400. The number of pyridine rings is 1. The second-order valence-corrected chi connectivity index (χ2v) is 6.47. The van der Waals surface area contributed by atoms with Gasteiger partial charge in [-0.05, 0) is 35.2 Å². The molecule has 3 heterocycles. The van der Waals surface area contributed by atoms with Crippen LogP contribution in [0.1, 0.15) is 22.4 Å². The average molecular weight is 366 g/mol. The van der Waals surface area contributed by atoms with E-state index in [0.29, 0.717) is 18.0 Å². The van der Waals surface area contributed by atoms with Gasteiger partial charge in [0.05, 0.1) is 18.1 Å². The quantitative estimate of drug-likeness (QED) is 0.724. The van der Waals surface area contributed by atoms with Crippen LogP contribution in [0.2, 0.25) is 0 Å². The van der Waals surface area contributed by atoms with Crippen LogP contribution in [0.3, 0.4) is 0 Å². The van der Waals surface area contributed by atoms with Crippen molar-refractivity contribution in [2.24, 2.45) is 0 Å². The highest BCUT2D eigenvalue weighted by atomic mass is 19.1. The van der Waals surface area contributed by atoms with Crippen LogP contribution < -0.4 is 15.6 Å². The number of hydrogen-bond acceptors (Lipinski definition) is 5. The number of nitrogens with zero attached hydrogens (tertiary/aromatic N) is 3. The summed E-state index contributed by atoms with van der Waals surface area (Å²) in [6.45, 7) is 2.47. The van der Waals surface area contributed by atoms with Crippen LogP contribution in [0.5, 0.6) is 5.75 Å². The Hall–Kier alpha value is -3.06. The third-order valence-corrected chi connectivity index (χ3v) is 4.53. The van der Waals surface area contributed by atoms with Crippen molar-refractivity contribution >= 4 is 0 Å². The SMILES string of the molecule is O=c1cc(OCc2ccc(F)cn2)cnn1CCc1ccc2c(c1)CNC2. The fraction of sp³-hybridized carbons (Fsp3) is 0.250. The van der Waals surface area contributed by atoms with E-state index in [4.69, 9.17) is 4.74 Å². The van der Waals surface area contributed by atoms with Gasteiger partial charge in [-0.1, -0.05) is 18.2 Å². The molecule has 0 saturated heterocycles. The summed E-state index contributed by atoms with van der Waals surface area (Å²) in [5.41, 5.74) is 4.21. The van der Waals surface area contributed by atoms with Gasteiger partial charge in [-0.25, -0.2) is 9.07 Å². The summed E-state index contributed by atoms with van der Waals surface area (Å²) in [5, 5.41) is 7.50. The topological polar surface area (TPSA) is 69.0 Å². The van der Waals surface area contributed by atoms with Crippen LogP contribution in [-0.4, -0.2) is 14.8 Å². The molecule has 0 unspecified atom stereocenters. The fourth-order valence-electron chi connectivity index (χ4n) is 3.05. The van der Waals surface area contributed by atoms with Crippen LogP contribution >= 0.6 is 0 Å². The van der Waals surface area contributed by atoms with E-state index in [9.17, 15) is 9.18 Å². The first-order valence-electron chi connectivity index (χ1n) is 8.79. The largest absolute Gasteiger partial charge is 0.485 e. The second kappa shape index (κ2) is 7.67. The van der Waals surface area contributed by atoms with Crippen molar-refractivity contribution in [2.75, 3.05) is 0 Å². The summed E-state index contributed by atoms with van der Waals surface area (Å²) in [4.78, 5) is 16.2. The van der Waals surface area contributed by atoms with Crippen molar-refractivity contribution < 1.29 is 9.13 Å². The zero-order chi connectivity index (χ0) is 18.6. The van der Waals surface area contributed by atoms with Gasteiger partial charge in [0, 0.05) is 25.7 Å². The molecule has 3 aromatic rings. The van der Waals surface area contributed by atoms with Crippen molar-refractivity contribution in [3.05, 3.63) is 87.3 Å². The molecule has 0 aliphatic carbocycles. The van der Waals surface area contributed by atoms with Gasteiger partial charge in [0.2, 0.25) is 0 Å². The van der Waals surface area contributed by atoms with Crippen LogP contribution in [0, 0.1) is 5.82 Å². The highest BCUT2D eigenvalue weighted by Crippen LogP contribution is 2.17. The molecule has 0 atom stereocenters. The molecule has 0 bridgehead atoms. The van der Waals surface area contributed by atoms with Crippen molar-refractivity contribution in [1.82, 2.24) is 20.1 Å². The Kier molecular flexibility index (Phi) is 4.93. The zero-order valence-electron chi connectivity index (χ0n) is 14.7. The van der Waals surface area contributed by atoms with Crippen molar-refractivity contribution in [1.29, 1.82) is 0 Å². The van der Waals surface area contributed by atoms with E-state index < -0.39 is 5.82 Å². The Morgan fingerprint density at radius 3 is 2.81 bits per heavy atom. The fourth-order valence-corrected chi connectivity index (χ4v) is 3.05. The molecule has 0 amide bonds. The van der Waals surface area contributed by atoms with E-state index in [0.717, 1.165) is 25.7 Å². The molecular formula is C20H19FN4O2. The number of fused-ring (bicyclic) bond motifs is 1. The monoisotopic (exact) mass is 366 g/mol. The second-order valence-electron chi connectivity index (χ2n) is 6.47. The summed E-state index contributed by atoms with van der Waals surface area (Å²) >= 11 is 0. The van der Waals surface area contributed by atoms with Gasteiger partial charge in [-0.2, -0.15) is 5.10 Å². The predicted octanol–water partition coefficient (Wildman–Crippen LogP) is 2.20. The molecule has 6 nitrogen and oxygen atoms in total. The van der Waals surface area contributed by atoms with Crippen molar-refractivity contribution in [3.8, 4) is 5.75 Å². The molecule has 0 radical (unpaired) electrons. The number of halogens is 1. The van der Waals surface area contributed by atoms with Crippen LogP contribution in [0.15, 0.2) is 53.6 Å². The molecule has 4 rings (SSSR count). The van der Waals surface area contributed by atoms with E-state index >= 15 is 0 Å². The average Bonchev–Trinajstić information content (AvgIpc) is 3.14. The minimum absolute atomic E-state index is 0.147. The normalized spacial score (nSPS) is 12.8. The molecule has 138 valence electrons. The van der Waals surface area contributed by atoms with Gasteiger partial charge in [0.25, 0.3) is 5.56 Å². The maximum atomic E-state index is 12.8. The van der Waals surface area contributed by atoms with E-state index in [1.807, 2.05) is 0 Å². The molecule has 1 aliphatic heterocycles. The van der Waals surface area contributed by atoms with E-state index in [1.165, 1.54) is 45.8 Å². The number of rotatable bonds is 6. The molecule has 27 heavy (non-hydrogen) atoms. The van der Waals surface area contributed by atoms with Crippen LogP contribution in [0.4, 0.5) is 4.39 Å². The molecule has 0 saturated carbocycles. The predicted molar refractivity (Wildman–Crippen MR) is 97.7 cm³/mol. The lowest BCUT2D eigenvalue weighted by Gasteiger charge is -2.08. The number of ether oxygens (including phenoxy) is 1. The third kappa shape index (κ3) is 4.20. The van der Waals surface area contributed by atoms with Gasteiger partial charge in [-0.3, -0.25) is 9.78 Å². The van der Waals surface area contributed by atoms with Crippen molar-refractivity contribution in [3.63, 3.8) is 0 Å². The Morgan fingerprint density at radius 2 is 2.00 bits per heavy atom. The molecule has 0 fully saturated rings. The number of benzene rings is 1. The Labute approximate surface area is 155 Å². The summed E-state index contributed by atoms with van der Waals surface area (Å²) in [6.07, 6.45) is 3.38. The number of nitrogens with one attached hydrogen (secondary N) is 1. The lowest BCUT2D eigenvalue weighted by atomic mass is 10.0. The highest BCUT2D eigenvalue weighted by molar-refractivity contribution is 5.34. The lowest BCUT2D eigenvalue weighted by Crippen LogP contribution is -2.23. The van der Waals surface area contributed by atoms with Crippen LogP contribution in [-0.2, 0) is 32.7 Å². The van der Waals surface area contributed by atoms with Gasteiger partial charge in [-0.15, -0.1) is 0 Å². The van der Waals surface area contributed by atoms with Gasteiger partial charge >= 0.3 is 0 Å². The molecule has 2 aromatic heterocycles. The first-order valence-corrected chi connectivity index (χ1v) is 8.79. The standard InChI is InChI=1S/C20H19FN4O2/c21-17-3-4-18(23-11-17)13-27-19-8-20(26)25(24-12-19)6-5-14-1-2-15-9-22-10-16(15)7-14/h1-4,7-8,11-12,22H,5-6,9-10,13H2. The maximum Gasteiger partial charge on any atom is 0.270 e. The Balaban J connectivity index is 1.36. The third-order valence-electron chi connectivity index (χ3n) is 4.53. The number of aryl methyl sites for hydroxylation is 2. The first kappa shape index (κ1) is 17.4. The maximum absolute atomic E-state index is 12.8. The summed E-state index contributed by atoms with van der Waals surface area (Å²) < 4.78 is 19.8. The van der Waals surface area contributed by atoms with Crippen LogP contribution in [0.25, 0.3) is 0 Å². The first-order chi connectivity index (χ1) is 13.2.